The molecule has 0 radical (unpaired) electrons. The third-order valence-electron chi connectivity index (χ3n) is 3.01. The van der Waals surface area contributed by atoms with Gasteiger partial charge in [-0.05, 0) is 55.5 Å². The highest BCUT2D eigenvalue weighted by Gasteiger charge is 2.27. The number of hydrogen-bond acceptors (Lipinski definition) is 4. The van der Waals surface area contributed by atoms with E-state index in [-0.39, 0.29) is 5.82 Å². The molecule has 0 saturated heterocycles. The second-order valence-electron chi connectivity index (χ2n) is 5.11. The number of nitrogens with one attached hydrogen (secondary N) is 1. The van der Waals surface area contributed by atoms with E-state index >= 15 is 0 Å². The number of ether oxygens (including phenoxy) is 1. The fraction of sp³-hybridized carbons (Fsp3) is 0.188. The minimum atomic E-state index is -1.34. The summed E-state index contributed by atoms with van der Waals surface area (Å²) in [7, 11) is 0. The molecular formula is C16H17FN2O3. The van der Waals surface area contributed by atoms with Gasteiger partial charge in [0.1, 0.15) is 22.9 Å². The van der Waals surface area contributed by atoms with Crippen LogP contribution in [0.3, 0.4) is 0 Å². The molecule has 2 aromatic carbocycles. The van der Waals surface area contributed by atoms with Crippen LogP contribution in [0.2, 0.25) is 0 Å². The van der Waals surface area contributed by atoms with Crippen molar-refractivity contribution in [2.24, 2.45) is 5.73 Å². The summed E-state index contributed by atoms with van der Waals surface area (Å²) in [6.07, 6.45) is 0. The van der Waals surface area contributed by atoms with Crippen molar-refractivity contribution in [3.63, 3.8) is 0 Å². The molecule has 0 aromatic heterocycles. The number of benzene rings is 2. The Morgan fingerprint density at radius 3 is 2.18 bits per heavy atom. The Morgan fingerprint density at radius 2 is 1.68 bits per heavy atom. The van der Waals surface area contributed by atoms with E-state index in [1.54, 1.807) is 24.3 Å². The van der Waals surface area contributed by atoms with Gasteiger partial charge in [-0.2, -0.15) is 0 Å². The van der Waals surface area contributed by atoms with Crippen LogP contribution in [0.4, 0.5) is 10.1 Å². The number of hydrogen-bond donors (Lipinski definition) is 3. The molecule has 0 unspecified atom stereocenters. The van der Waals surface area contributed by atoms with Gasteiger partial charge in [0, 0.05) is 5.69 Å². The number of carbonyl (C=O) groups is 1. The number of aliphatic hydroxyl groups excluding tert-OH is 1. The number of carbonyl (C=O) groups excluding carboxylic acids is 1. The van der Waals surface area contributed by atoms with Gasteiger partial charge < -0.3 is 20.9 Å². The van der Waals surface area contributed by atoms with Gasteiger partial charge in [0.15, 0.2) is 0 Å². The standard InChI is InChI=1S/C16H17FN2O3/c1-16(18,10-20)15(21)19-12-4-8-14(9-5-12)22-13-6-2-11(17)3-7-13/h2-9,20H,10,18H2,1H3,(H,19,21)/t16-/m0/s1. The van der Waals surface area contributed by atoms with Gasteiger partial charge in [-0.3, -0.25) is 4.79 Å². The van der Waals surface area contributed by atoms with Gasteiger partial charge in [-0.1, -0.05) is 0 Å². The minimum absolute atomic E-state index is 0.334. The molecule has 116 valence electrons. The van der Waals surface area contributed by atoms with Crippen molar-refractivity contribution >= 4 is 11.6 Å². The summed E-state index contributed by atoms with van der Waals surface area (Å²) in [4.78, 5) is 11.8. The monoisotopic (exact) mass is 304 g/mol. The van der Waals surface area contributed by atoms with Gasteiger partial charge >= 0.3 is 0 Å². The lowest BCUT2D eigenvalue weighted by atomic mass is 10.0. The number of nitrogens with two attached hydrogens (primary N) is 1. The second-order valence-corrected chi connectivity index (χ2v) is 5.11. The van der Waals surface area contributed by atoms with Crippen molar-refractivity contribution in [1.29, 1.82) is 0 Å². The number of halogens is 1. The van der Waals surface area contributed by atoms with Crippen LogP contribution in [0.1, 0.15) is 6.92 Å². The molecular weight excluding hydrogens is 287 g/mol. The van der Waals surface area contributed by atoms with Gasteiger partial charge in [0.25, 0.3) is 0 Å². The zero-order chi connectivity index (χ0) is 16.2. The van der Waals surface area contributed by atoms with Gasteiger partial charge in [0.2, 0.25) is 5.91 Å². The fourth-order valence-electron chi connectivity index (χ4n) is 1.59. The first-order valence-electron chi connectivity index (χ1n) is 6.65. The molecule has 0 saturated carbocycles. The lowest BCUT2D eigenvalue weighted by Crippen LogP contribution is -2.51. The molecule has 0 fully saturated rings. The zero-order valence-corrected chi connectivity index (χ0v) is 12.0. The molecule has 0 aliphatic rings. The van der Waals surface area contributed by atoms with Crippen LogP contribution in [0, 0.1) is 5.82 Å². The molecule has 22 heavy (non-hydrogen) atoms. The largest absolute Gasteiger partial charge is 0.457 e. The zero-order valence-electron chi connectivity index (χ0n) is 12.0. The Bertz CT molecular complexity index is 639. The molecule has 2 rings (SSSR count). The quantitative estimate of drug-likeness (QED) is 0.791. The molecule has 1 amide bonds. The highest BCUT2D eigenvalue weighted by Crippen LogP contribution is 2.23. The van der Waals surface area contributed by atoms with Crippen molar-refractivity contribution < 1.29 is 19.0 Å². The predicted molar refractivity (Wildman–Crippen MR) is 81.2 cm³/mol. The molecule has 0 bridgehead atoms. The SMILES string of the molecule is C[C@](N)(CO)C(=O)Nc1ccc(Oc2ccc(F)cc2)cc1. The van der Waals surface area contributed by atoms with Crippen molar-refractivity contribution in [2.75, 3.05) is 11.9 Å². The second kappa shape index (κ2) is 6.55. The van der Waals surface area contributed by atoms with Crippen LogP contribution < -0.4 is 15.8 Å². The maximum absolute atomic E-state index is 12.8. The van der Waals surface area contributed by atoms with Crippen LogP contribution in [-0.2, 0) is 4.79 Å². The first kappa shape index (κ1) is 15.9. The Morgan fingerprint density at radius 1 is 1.18 bits per heavy atom. The van der Waals surface area contributed by atoms with Crippen LogP contribution in [-0.4, -0.2) is 23.2 Å². The molecule has 0 aliphatic heterocycles. The Labute approximate surface area is 127 Å². The smallest absolute Gasteiger partial charge is 0.246 e. The molecule has 2 aromatic rings. The summed E-state index contributed by atoms with van der Waals surface area (Å²) in [5.74, 6) is 0.233. The molecule has 4 N–H and O–H groups in total. The maximum atomic E-state index is 12.8. The number of aliphatic hydroxyl groups is 1. The summed E-state index contributed by atoms with van der Waals surface area (Å²) in [6.45, 7) is 0.985. The Balaban J connectivity index is 2.01. The van der Waals surface area contributed by atoms with E-state index in [4.69, 9.17) is 15.6 Å². The van der Waals surface area contributed by atoms with E-state index in [0.29, 0.717) is 17.2 Å². The molecule has 1 atom stereocenters. The van der Waals surface area contributed by atoms with Gasteiger partial charge in [-0.15, -0.1) is 0 Å². The van der Waals surface area contributed by atoms with Crippen LogP contribution >= 0.6 is 0 Å². The van der Waals surface area contributed by atoms with E-state index in [2.05, 4.69) is 5.32 Å². The number of amides is 1. The number of anilines is 1. The van der Waals surface area contributed by atoms with Crippen molar-refractivity contribution in [3.8, 4) is 11.5 Å². The third-order valence-corrected chi connectivity index (χ3v) is 3.01. The molecule has 6 heteroatoms. The highest BCUT2D eigenvalue weighted by molar-refractivity contribution is 5.97. The summed E-state index contributed by atoms with van der Waals surface area (Å²) in [5.41, 5.74) is 4.82. The van der Waals surface area contributed by atoms with E-state index in [0.717, 1.165) is 0 Å². The Hall–Kier alpha value is -2.44. The summed E-state index contributed by atoms with van der Waals surface area (Å²) in [5, 5.41) is 11.6. The minimum Gasteiger partial charge on any atom is -0.457 e. The molecule has 0 heterocycles. The molecule has 0 aliphatic carbocycles. The number of rotatable bonds is 5. The van der Waals surface area contributed by atoms with Crippen LogP contribution in [0.25, 0.3) is 0 Å². The van der Waals surface area contributed by atoms with Crippen LogP contribution in [0.5, 0.6) is 11.5 Å². The van der Waals surface area contributed by atoms with Crippen molar-refractivity contribution in [2.45, 2.75) is 12.5 Å². The Kier molecular flexibility index (Phi) is 4.75. The lowest BCUT2D eigenvalue weighted by molar-refractivity contribution is -0.121. The van der Waals surface area contributed by atoms with Gasteiger partial charge in [-0.25, -0.2) is 4.39 Å². The third kappa shape index (κ3) is 4.03. The topological polar surface area (TPSA) is 84.6 Å². The van der Waals surface area contributed by atoms with Crippen LogP contribution in [0.15, 0.2) is 48.5 Å². The first-order valence-corrected chi connectivity index (χ1v) is 6.65. The summed E-state index contributed by atoms with van der Waals surface area (Å²) < 4.78 is 18.3. The molecule has 0 spiro atoms. The summed E-state index contributed by atoms with van der Waals surface area (Å²) in [6, 6.07) is 12.3. The first-order chi connectivity index (χ1) is 10.4. The maximum Gasteiger partial charge on any atom is 0.246 e. The van der Waals surface area contributed by atoms with Crippen molar-refractivity contribution in [1.82, 2.24) is 0 Å². The van der Waals surface area contributed by atoms with Crippen molar-refractivity contribution in [3.05, 3.63) is 54.3 Å². The molecule has 5 nitrogen and oxygen atoms in total. The van der Waals surface area contributed by atoms with E-state index < -0.39 is 18.1 Å². The average Bonchev–Trinajstić information content (AvgIpc) is 2.51. The van der Waals surface area contributed by atoms with E-state index in [1.807, 2.05) is 0 Å². The normalized spacial score (nSPS) is 13.3. The average molecular weight is 304 g/mol. The highest BCUT2D eigenvalue weighted by atomic mass is 19.1. The summed E-state index contributed by atoms with van der Waals surface area (Å²) >= 11 is 0. The van der Waals surface area contributed by atoms with E-state index in [9.17, 15) is 9.18 Å². The lowest BCUT2D eigenvalue weighted by Gasteiger charge is -2.20. The van der Waals surface area contributed by atoms with E-state index in [1.165, 1.54) is 31.2 Å². The predicted octanol–water partition coefficient (Wildman–Crippen LogP) is 2.27. The van der Waals surface area contributed by atoms with Gasteiger partial charge in [0.05, 0.1) is 6.61 Å². The fourth-order valence-corrected chi connectivity index (χ4v) is 1.59.